The molecule has 1 fully saturated rings. The number of nitro benzene ring substituents is 1. The molecule has 0 atom stereocenters. The van der Waals surface area contributed by atoms with Crippen molar-refractivity contribution in [3.05, 3.63) is 33.9 Å². The molecule has 0 amide bonds. The van der Waals surface area contributed by atoms with E-state index < -0.39 is 4.92 Å². The van der Waals surface area contributed by atoms with Gasteiger partial charge in [0.2, 0.25) is 0 Å². The largest absolute Gasteiger partial charge is 0.396 e. The average Bonchev–Trinajstić information content (AvgIpc) is 3.08. The SMILES string of the molecule is Cc1ccc([N+](=O)[O-])cc1NCC1(CO)CC1. The maximum atomic E-state index is 10.7. The molecular weight excluding hydrogens is 220 g/mol. The van der Waals surface area contributed by atoms with Crippen molar-refractivity contribution in [1.29, 1.82) is 0 Å². The topological polar surface area (TPSA) is 75.4 Å². The van der Waals surface area contributed by atoms with Crippen molar-refractivity contribution in [3.8, 4) is 0 Å². The Hall–Kier alpha value is -1.62. The minimum absolute atomic E-state index is 0.00292. The molecular formula is C12H16N2O3. The summed E-state index contributed by atoms with van der Waals surface area (Å²) in [4.78, 5) is 10.3. The maximum absolute atomic E-state index is 10.7. The Labute approximate surface area is 99.6 Å². The van der Waals surface area contributed by atoms with Crippen molar-refractivity contribution in [2.45, 2.75) is 19.8 Å². The number of hydrogen-bond acceptors (Lipinski definition) is 4. The molecule has 0 aliphatic heterocycles. The molecule has 0 unspecified atom stereocenters. The molecule has 1 saturated carbocycles. The number of hydrogen-bond donors (Lipinski definition) is 2. The third kappa shape index (κ3) is 2.55. The normalized spacial score (nSPS) is 16.6. The quantitative estimate of drug-likeness (QED) is 0.606. The van der Waals surface area contributed by atoms with Crippen molar-refractivity contribution in [1.82, 2.24) is 0 Å². The summed E-state index contributed by atoms with van der Waals surface area (Å²) in [6.45, 7) is 2.75. The zero-order chi connectivity index (χ0) is 12.5. The number of rotatable bonds is 5. The molecule has 2 N–H and O–H groups in total. The highest BCUT2D eigenvalue weighted by Gasteiger charge is 2.41. The Balaban J connectivity index is 2.09. The van der Waals surface area contributed by atoms with Crippen LogP contribution in [0.3, 0.4) is 0 Å². The van der Waals surface area contributed by atoms with Gasteiger partial charge in [-0.15, -0.1) is 0 Å². The second-order valence-electron chi connectivity index (χ2n) is 4.77. The van der Waals surface area contributed by atoms with E-state index in [9.17, 15) is 15.2 Å². The van der Waals surface area contributed by atoms with Crippen molar-refractivity contribution in [2.24, 2.45) is 5.41 Å². The highest BCUT2D eigenvalue weighted by Crippen LogP contribution is 2.45. The lowest BCUT2D eigenvalue weighted by atomic mass is 10.1. The average molecular weight is 236 g/mol. The number of nitrogens with zero attached hydrogens (tertiary/aromatic N) is 1. The summed E-state index contributed by atoms with van der Waals surface area (Å²) >= 11 is 0. The van der Waals surface area contributed by atoms with Crippen LogP contribution in [0.15, 0.2) is 18.2 Å². The van der Waals surface area contributed by atoms with Crippen molar-refractivity contribution in [3.63, 3.8) is 0 Å². The number of aliphatic hydroxyl groups is 1. The highest BCUT2D eigenvalue weighted by molar-refractivity contribution is 5.57. The van der Waals surface area contributed by atoms with Crippen LogP contribution in [0.4, 0.5) is 11.4 Å². The molecule has 17 heavy (non-hydrogen) atoms. The molecule has 0 radical (unpaired) electrons. The minimum atomic E-state index is -0.399. The lowest BCUT2D eigenvalue weighted by Gasteiger charge is -2.15. The zero-order valence-corrected chi connectivity index (χ0v) is 9.77. The van der Waals surface area contributed by atoms with Crippen molar-refractivity contribution >= 4 is 11.4 Å². The third-order valence-electron chi connectivity index (χ3n) is 3.38. The van der Waals surface area contributed by atoms with Gasteiger partial charge in [0.25, 0.3) is 5.69 Å². The number of nitrogens with one attached hydrogen (secondary N) is 1. The second kappa shape index (κ2) is 4.33. The van der Waals surface area contributed by atoms with Crippen LogP contribution in [0.2, 0.25) is 0 Å². The van der Waals surface area contributed by atoms with E-state index in [0.717, 1.165) is 24.1 Å². The van der Waals surface area contributed by atoms with E-state index in [1.54, 1.807) is 12.1 Å². The number of benzene rings is 1. The molecule has 5 nitrogen and oxygen atoms in total. The molecule has 0 heterocycles. The van der Waals surface area contributed by atoms with Gasteiger partial charge in [0, 0.05) is 29.8 Å². The maximum Gasteiger partial charge on any atom is 0.271 e. The first-order valence-corrected chi connectivity index (χ1v) is 5.66. The molecule has 92 valence electrons. The van der Waals surface area contributed by atoms with Gasteiger partial charge >= 0.3 is 0 Å². The summed E-state index contributed by atoms with van der Waals surface area (Å²) in [5, 5.41) is 23.1. The van der Waals surface area contributed by atoms with Crippen LogP contribution in [0, 0.1) is 22.5 Å². The van der Waals surface area contributed by atoms with Crippen LogP contribution in [0.25, 0.3) is 0 Å². The lowest BCUT2D eigenvalue weighted by molar-refractivity contribution is -0.384. The summed E-state index contributed by atoms with van der Waals surface area (Å²) in [5.41, 5.74) is 1.84. The summed E-state index contributed by atoms with van der Waals surface area (Å²) in [6, 6.07) is 4.78. The smallest absolute Gasteiger partial charge is 0.271 e. The molecule has 1 aliphatic rings. The first-order chi connectivity index (χ1) is 8.06. The van der Waals surface area contributed by atoms with E-state index in [0.29, 0.717) is 6.54 Å². The Bertz CT molecular complexity index is 441. The standard InChI is InChI=1S/C12H16N2O3/c1-9-2-3-10(14(16)17)6-11(9)13-7-12(8-15)4-5-12/h2-3,6,13,15H,4-5,7-8H2,1H3. The number of aryl methyl sites for hydroxylation is 1. The van der Waals surface area contributed by atoms with E-state index in [1.165, 1.54) is 6.07 Å². The van der Waals surface area contributed by atoms with Crippen LogP contribution in [-0.2, 0) is 0 Å². The number of non-ortho nitro benzene ring substituents is 1. The molecule has 5 heteroatoms. The molecule has 0 bridgehead atoms. The number of aliphatic hydroxyl groups excluding tert-OH is 1. The van der Waals surface area contributed by atoms with Crippen LogP contribution >= 0.6 is 0 Å². The summed E-state index contributed by atoms with van der Waals surface area (Å²) < 4.78 is 0. The number of anilines is 1. The monoisotopic (exact) mass is 236 g/mol. The fourth-order valence-corrected chi connectivity index (χ4v) is 1.76. The van der Waals surface area contributed by atoms with Gasteiger partial charge < -0.3 is 10.4 Å². The van der Waals surface area contributed by atoms with E-state index >= 15 is 0 Å². The van der Waals surface area contributed by atoms with Gasteiger partial charge in [-0.1, -0.05) is 6.07 Å². The van der Waals surface area contributed by atoms with Crippen molar-refractivity contribution < 1.29 is 10.0 Å². The molecule has 1 aromatic carbocycles. The van der Waals surface area contributed by atoms with E-state index in [4.69, 9.17) is 0 Å². The molecule has 1 aliphatic carbocycles. The molecule has 0 aromatic heterocycles. The van der Waals surface area contributed by atoms with Crippen LogP contribution in [0.1, 0.15) is 18.4 Å². The summed E-state index contributed by atoms with van der Waals surface area (Å²) in [5.74, 6) is 0. The number of nitro groups is 1. The van der Waals surface area contributed by atoms with E-state index in [-0.39, 0.29) is 17.7 Å². The van der Waals surface area contributed by atoms with Gasteiger partial charge in [-0.3, -0.25) is 10.1 Å². The molecule has 2 rings (SSSR count). The van der Waals surface area contributed by atoms with Gasteiger partial charge in [-0.05, 0) is 25.3 Å². The van der Waals surface area contributed by atoms with Crippen LogP contribution in [0.5, 0.6) is 0 Å². The fraction of sp³-hybridized carbons (Fsp3) is 0.500. The summed E-state index contributed by atoms with van der Waals surface area (Å²) in [6.07, 6.45) is 2.04. The van der Waals surface area contributed by atoms with Gasteiger partial charge in [0.1, 0.15) is 0 Å². The van der Waals surface area contributed by atoms with E-state index in [1.807, 2.05) is 6.92 Å². The first kappa shape index (κ1) is 11.9. The van der Waals surface area contributed by atoms with E-state index in [2.05, 4.69) is 5.32 Å². The predicted molar refractivity (Wildman–Crippen MR) is 65.1 cm³/mol. The van der Waals surface area contributed by atoms with Gasteiger partial charge in [-0.2, -0.15) is 0 Å². The molecule has 0 saturated heterocycles. The first-order valence-electron chi connectivity index (χ1n) is 5.66. The van der Waals surface area contributed by atoms with Gasteiger partial charge in [-0.25, -0.2) is 0 Å². The third-order valence-corrected chi connectivity index (χ3v) is 3.38. The Morgan fingerprint density at radius 1 is 1.53 bits per heavy atom. The van der Waals surface area contributed by atoms with Crippen LogP contribution in [-0.4, -0.2) is 23.2 Å². The van der Waals surface area contributed by atoms with Crippen molar-refractivity contribution in [2.75, 3.05) is 18.5 Å². The van der Waals surface area contributed by atoms with Crippen LogP contribution < -0.4 is 5.32 Å². The predicted octanol–water partition coefficient (Wildman–Crippen LogP) is 2.09. The lowest BCUT2D eigenvalue weighted by Crippen LogP contribution is -2.19. The second-order valence-corrected chi connectivity index (χ2v) is 4.77. The molecule has 0 spiro atoms. The minimum Gasteiger partial charge on any atom is -0.396 e. The fourth-order valence-electron chi connectivity index (χ4n) is 1.76. The Morgan fingerprint density at radius 2 is 2.24 bits per heavy atom. The summed E-state index contributed by atoms with van der Waals surface area (Å²) in [7, 11) is 0. The van der Waals surface area contributed by atoms with Gasteiger partial charge in [0.15, 0.2) is 0 Å². The zero-order valence-electron chi connectivity index (χ0n) is 9.77. The highest BCUT2D eigenvalue weighted by atomic mass is 16.6. The Morgan fingerprint density at radius 3 is 2.76 bits per heavy atom. The molecule has 1 aromatic rings. The Kier molecular flexibility index (Phi) is 3.02. The van der Waals surface area contributed by atoms with Gasteiger partial charge in [0.05, 0.1) is 11.5 Å².